The lowest BCUT2D eigenvalue weighted by Gasteiger charge is -2.43. The number of fused-ring (bicyclic) bond motifs is 4. The molecule has 2 fully saturated rings. The third-order valence-electron chi connectivity index (χ3n) is 8.23. The van der Waals surface area contributed by atoms with Crippen LogP contribution >= 0.6 is 0 Å². The van der Waals surface area contributed by atoms with Crippen LogP contribution in [-0.2, 0) is 21.4 Å². The Morgan fingerprint density at radius 2 is 1.65 bits per heavy atom. The van der Waals surface area contributed by atoms with Gasteiger partial charge in [-0.15, -0.1) is 0 Å². The molecule has 3 amide bonds. The number of piperazine rings is 1. The number of benzene rings is 1. The normalized spacial score (nSPS) is 22.0. The molecule has 12 heteroatoms. The van der Waals surface area contributed by atoms with Crippen LogP contribution in [0.1, 0.15) is 31.9 Å². The van der Waals surface area contributed by atoms with Crippen LogP contribution in [0, 0.1) is 11.8 Å². The maximum Gasteiger partial charge on any atom is 0.318 e. The number of likely N-dealkylation sites (tertiary alicyclic amines) is 1. The highest BCUT2D eigenvalue weighted by Gasteiger charge is 2.39. The van der Waals surface area contributed by atoms with Gasteiger partial charge < -0.3 is 24.4 Å². The van der Waals surface area contributed by atoms with Crippen LogP contribution in [-0.4, -0.2) is 91.4 Å². The third-order valence-corrected chi connectivity index (χ3v) is 10.1. The second-order valence-electron chi connectivity index (χ2n) is 11.2. The van der Waals surface area contributed by atoms with Crippen LogP contribution < -0.4 is 15.6 Å². The smallest absolute Gasteiger partial charge is 0.318 e. The van der Waals surface area contributed by atoms with E-state index in [-0.39, 0.29) is 66.3 Å². The molecule has 2 bridgehead atoms. The van der Waals surface area contributed by atoms with E-state index in [0.29, 0.717) is 25.4 Å². The van der Waals surface area contributed by atoms with E-state index in [1.807, 2.05) is 24.5 Å². The number of rotatable bonds is 6. The average molecular weight is 572 g/mol. The van der Waals surface area contributed by atoms with E-state index in [1.165, 1.54) is 23.5 Å². The minimum Gasteiger partial charge on any atom is -0.497 e. The van der Waals surface area contributed by atoms with Crippen molar-refractivity contribution in [1.29, 1.82) is 0 Å². The predicted molar refractivity (Wildman–Crippen MR) is 149 cm³/mol. The van der Waals surface area contributed by atoms with Gasteiger partial charge in [-0.3, -0.25) is 9.59 Å². The molecule has 2 aromatic rings. The Kier molecular flexibility index (Phi) is 7.92. The molecule has 0 spiro atoms. The highest BCUT2D eigenvalue weighted by Crippen LogP contribution is 2.35. The first-order valence-corrected chi connectivity index (χ1v) is 15.2. The van der Waals surface area contributed by atoms with E-state index in [2.05, 4.69) is 5.32 Å². The summed E-state index contributed by atoms with van der Waals surface area (Å²) in [4.78, 5) is 42.8. The Hall–Kier alpha value is -3.38. The topological polar surface area (TPSA) is 121 Å². The fourth-order valence-electron chi connectivity index (χ4n) is 6.04. The molecular weight excluding hydrogens is 534 g/mol. The van der Waals surface area contributed by atoms with E-state index < -0.39 is 16.1 Å². The van der Waals surface area contributed by atoms with Crippen LogP contribution in [0.5, 0.6) is 5.75 Å². The number of pyridine rings is 1. The number of nitrogens with zero attached hydrogens (tertiary/aromatic N) is 4. The number of urea groups is 1. The first kappa shape index (κ1) is 28.2. The summed E-state index contributed by atoms with van der Waals surface area (Å²) in [5.41, 5.74) is 0.952. The number of methoxy groups -OCH3 is 1. The molecule has 40 heavy (non-hydrogen) atoms. The molecule has 2 saturated heterocycles. The molecular formula is C28H37N5O6S. The number of carbonyl (C=O) groups is 2. The van der Waals surface area contributed by atoms with Crippen LogP contribution in [0.4, 0.5) is 4.79 Å². The minimum atomic E-state index is -3.70. The number of hydrogen-bond acceptors (Lipinski definition) is 6. The molecule has 1 aromatic carbocycles. The summed E-state index contributed by atoms with van der Waals surface area (Å²) >= 11 is 0. The van der Waals surface area contributed by atoms with Crippen molar-refractivity contribution in [3.63, 3.8) is 0 Å². The van der Waals surface area contributed by atoms with Gasteiger partial charge in [-0.25, -0.2) is 13.2 Å². The summed E-state index contributed by atoms with van der Waals surface area (Å²) in [6.45, 7) is 6.23. The maximum atomic E-state index is 13.5. The zero-order valence-electron chi connectivity index (χ0n) is 23.2. The van der Waals surface area contributed by atoms with Gasteiger partial charge in [-0.05, 0) is 48.6 Å². The van der Waals surface area contributed by atoms with Crippen LogP contribution in [0.2, 0.25) is 0 Å². The van der Waals surface area contributed by atoms with Gasteiger partial charge in [-0.2, -0.15) is 4.31 Å². The van der Waals surface area contributed by atoms with Crippen molar-refractivity contribution in [1.82, 2.24) is 24.0 Å². The minimum absolute atomic E-state index is 0.00698. The number of ether oxygens (including phenoxy) is 1. The quantitative estimate of drug-likeness (QED) is 0.562. The second-order valence-corrected chi connectivity index (χ2v) is 13.1. The van der Waals surface area contributed by atoms with Crippen molar-refractivity contribution in [2.24, 2.45) is 11.8 Å². The second kappa shape index (κ2) is 11.2. The van der Waals surface area contributed by atoms with E-state index in [4.69, 9.17) is 4.74 Å². The molecule has 3 aliphatic rings. The Morgan fingerprint density at radius 1 is 0.950 bits per heavy atom. The maximum absolute atomic E-state index is 13.5. The largest absolute Gasteiger partial charge is 0.497 e. The summed E-state index contributed by atoms with van der Waals surface area (Å²) in [6, 6.07) is 10.5. The lowest BCUT2D eigenvalue weighted by atomic mass is 9.83. The summed E-state index contributed by atoms with van der Waals surface area (Å²) in [5, 5.41) is 2.97. The Bertz CT molecular complexity index is 1420. The average Bonchev–Trinajstić information content (AvgIpc) is 2.96. The first-order valence-electron chi connectivity index (χ1n) is 13.8. The van der Waals surface area contributed by atoms with Crippen LogP contribution in [0.25, 0.3) is 0 Å². The van der Waals surface area contributed by atoms with Gasteiger partial charge in [0.2, 0.25) is 15.9 Å². The molecule has 0 saturated carbocycles. The van der Waals surface area contributed by atoms with Crippen LogP contribution in [0.3, 0.4) is 0 Å². The standard InChI is InChI=1S/C28H37N5O6S/c1-19(2)26(29-28(36)31-16-20-15-21(18-31)24-5-4-6-25(34)33(24)17-20)27(35)30-11-13-32(14-12-30)40(37,38)23-9-7-22(39-3)8-10-23/h4-10,19-21,26H,11-18H2,1-3H3,(H,29,36)/t20?,21?,26-/m0/s1. The number of carbonyl (C=O) groups excluding carboxylic acids is 2. The monoisotopic (exact) mass is 571 g/mol. The fourth-order valence-corrected chi connectivity index (χ4v) is 7.46. The fraction of sp³-hybridized carbons (Fsp3) is 0.536. The van der Waals surface area contributed by atoms with Gasteiger partial charge in [0.05, 0.1) is 12.0 Å². The van der Waals surface area contributed by atoms with Gasteiger partial charge in [0.1, 0.15) is 11.8 Å². The Labute approximate surface area is 234 Å². The first-order chi connectivity index (χ1) is 19.1. The Morgan fingerprint density at radius 3 is 2.30 bits per heavy atom. The van der Waals surface area contributed by atoms with E-state index in [1.54, 1.807) is 34.1 Å². The predicted octanol–water partition coefficient (Wildman–Crippen LogP) is 1.54. The molecule has 2 unspecified atom stereocenters. The SMILES string of the molecule is COc1ccc(S(=O)(=O)N2CCN(C(=O)[C@@H](NC(=O)N3CC4CC(C3)c3cccc(=O)n3C4)C(C)C)CC2)cc1. The van der Waals surface area contributed by atoms with Crippen molar-refractivity contribution in [3.05, 3.63) is 58.5 Å². The van der Waals surface area contributed by atoms with Gasteiger partial charge in [-0.1, -0.05) is 19.9 Å². The lowest BCUT2D eigenvalue weighted by molar-refractivity contribution is -0.135. The number of sulfonamides is 1. The summed E-state index contributed by atoms with van der Waals surface area (Å²) in [6.07, 6.45) is 0.934. The molecule has 1 N–H and O–H groups in total. The van der Waals surface area contributed by atoms with Gasteiger partial charge in [0.15, 0.2) is 0 Å². The number of aromatic nitrogens is 1. The van der Waals surface area contributed by atoms with Gasteiger partial charge in [0.25, 0.3) is 5.56 Å². The summed E-state index contributed by atoms with van der Waals surface area (Å²) < 4.78 is 34.5. The highest BCUT2D eigenvalue weighted by molar-refractivity contribution is 7.89. The number of piperidine rings is 1. The zero-order chi connectivity index (χ0) is 28.6. The molecule has 4 heterocycles. The van der Waals surface area contributed by atoms with Crippen molar-refractivity contribution in [3.8, 4) is 5.75 Å². The molecule has 5 rings (SSSR count). The van der Waals surface area contributed by atoms with Crippen molar-refractivity contribution < 1.29 is 22.7 Å². The van der Waals surface area contributed by atoms with Crippen LogP contribution in [0.15, 0.2) is 52.2 Å². The van der Waals surface area contributed by atoms with Crippen molar-refractivity contribution in [2.75, 3.05) is 46.4 Å². The molecule has 11 nitrogen and oxygen atoms in total. The zero-order valence-corrected chi connectivity index (χ0v) is 24.0. The molecule has 0 radical (unpaired) electrons. The summed E-state index contributed by atoms with van der Waals surface area (Å²) in [5.74, 6) is 0.483. The van der Waals surface area contributed by atoms with E-state index >= 15 is 0 Å². The van der Waals surface area contributed by atoms with E-state index in [0.717, 1.165) is 12.1 Å². The van der Waals surface area contributed by atoms with E-state index in [9.17, 15) is 22.8 Å². The number of nitrogens with one attached hydrogen (secondary N) is 1. The highest BCUT2D eigenvalue weighted by atomic mass is 32.2. The molecule has 3 atom stereocenters. The molecule has 0 aliphatic carbocycles. The van der Waals surface area contributed by atoms with Gasteiger partial charge in [0, 0.05) is 63.5 Å². The molecule has 3 aliphatic heterocycles. The van der Waals surface area contributed by atoms with Crippen molar-refractivity contribution in [2.45, 2.75) is 43.7 Å². The third kappa shape index (κ3) is 5.46. The molecule has 1 aromatic heterocycles. The lowest BCUT2D eigenvalue weighted by Crippen LogP contribution is -2.59. The van der Waals surface area contributed by atoms with Gasteiger partial charge >= 0.3 is 6.03 Å². The molecule has 216 valence electrons. The Balaban J connectivity index is 1.21. The summed E-state index contributed by atoms with van der Waals surface area (Å²) in [7, 11) is -2.17. The number of hydrogen-bond donors (Lipinski definition) is 1. The van der Waals surface area contributed by atoms with Crippen molar-refractivity contribution >= 4 is 22.0 Å². The number of amides is 3.